The van der Waals surface area contributed by atoms with Crippen molar-refractivity contribution >= 4 is 21.8 Å². The molecule has 1 aliphatic heterocycles. The maximum atomic E-state index is 15.1. The van der Waals surface area contributed by atoms with E-state index in [0.29, 0.717) is 39.9 Å². The number of methoxy groups -OCH3 is 1. The molecule has 8 nitrogen and oxygen atoms in total. The lowest BCUT2D eigenvalue weighted by molar-refractivity contribution is 0.163. The van der Waals surface area contributed by atoms with Crippen LogP contribution in [0.15, 0.2) is 36.7 Å². The number of nitrogens with one attached hydrogen (secondary N) is 1. The van der Waals surface area contributed by atoms with Gasteiger partial charge in [0, 0.05) is 61.4 Å². The van der Waals surface area contributed by atoms with Crippen LogP contribution in [0.5, 0.6) is 23.1 Å². The Morgan fingerprint density at radius 1 is 1.03 bits per heavy atom. The Labute approximate surface area is 215 Å². The Morgan fingerprint density at radius 2 is 1.86 bits per heavy atom. The number of benzene rings is 2. The van der Waals surface area contributed by atoms with Crippen LogP contribution in [0.1, 0.15) is 19.0 Å². The highest BCUT2D eigenvalue weighted by Gasteiger charge is 2.17. The van der Waals surface area contributed by atoms with Crippen molar-refractivity contribution in [2.24, 2.45) is 0 Å². The molecule has 192 valence electrons. The summed E-state index contributed by atoms with van der Waals surface area (Å²) in [5, 5.41) is 1.07. The van der Waals surface area contributed by atoms with Crippen LogP contribution < -0.4 is 14.2 Å². The predicted molar refractivity (Wildman–Crippen MR) is 141 cm³/mol. The van der Waals surface area contributed by atoms with E-state index >= 15 is 4.39 Å². The minimum absolute atomic E-state index is 0.0911. The van der Waals surface area contributed by atoms with Gasteiger partial charge in [0.25, 0.3) is 0 Å². The highest BCUT2D eigenvalue weighted by molar-refractivity contribution is 5.87. The van der Waals surface area contributed by atoms with E-state index in [-0.39, 0.29) is 11.6 Å². The molecule has 0 radical (unpaired) electrons. The fourth-order valence-corrected chi connectivity index (χ4v) is 4.58. The normalized spacial score (nSPS) is 14.0. The van der Waals surface area contributed by atoms with E-state index in [1.807, 2.05) is 13.8 Å². The number of hydrogen-bond acceptors (Lipinski definition) is 7. The summed E-state index contributed by atoms with van der Waals surface area (Å²) < 4.78 is 32.7. The topological polar surface area (TPSA) is 75.7 Å². The first-order valence-electron chi connectivity index (χ1n) is 12.4. The van der Waals surface area contributed by atoms with Crippen LogP contribution in [0.2, 0.25) is 0 Å². The summed E-state index contributed by atoms with van der Waals surface area (Å²) in [7, 11) is 1.58. The van der Waals surface area contributed by atoms with Gasteiger partial charge in [-0.05, 0) is 44.5 Å². The lowest BCUT2D eigenvalue weighted by atomic mass is 10.2. The molecule has 0 saturated carbocycles. The lowest BCUT2D eigenvalue weighted by Crippen LogP contribution is -2.44. The Balaban J connectivity index is 1.27. The van der Waals surface area contributed by atoms with Gasteiger partial charge in [-0.25, -0.2) is 14.4 Å². The first-order valence-corrected chi connectivity index (χ1v) is 12.4. The number of nitrogens with zero attached hydrogens (tertiary/aromatic N) is 4. The molecule has 4 aromatic rings. The standard InChI is InChI=1S/C28H30FN5O3/c1-4-8-33-10-12-34(13-11-33)9-5-14-36-26-17-23-21(16-25(26)35-3)28(31-18-30-23)37-24-7-6-22-20(27(24)29)15-19(2)32-22/h6-7,15-18,32H,5,9-14H2,1-3H3. The summed E-state index contributed by atoms with van der Waals surface area (Å²) in [6.07, 6.45) is 2.28. The number of piperazine rings is 1. The SMILES string of the molecule is CC#CN1CCN(CCCOc2cc3ncnc(Oc4ccc5[nH]c(C)cc5c4F)c3cc2OC)CC1. The molecule has 0 spiro atoms. The molecule has 37 heavy (non-hydrogen) atoms. The first kappa shape index (κ1) is 24.7. The molecular weight excluding hydrogens is 473 g/mol. The second kappa shape index (κ2) is 10.9. The van der Waals surface area contributed by atoms with Crippen molar-refractivity contribution in [3.05, 3.63) is 48.2 Å². The Morgan fingerprint density at radius 3 is 2.65 bits per heavy atom. The summed E-state index contributed by atoms with van der Waals surface area (Å²) in [6.45, 7) is 9.20. The van der Waals surface area contributed by atoms with Crippen molar-refractivity contribution in [3.8, 4) is 35.1 Å². The van der Waals surface area contributed by atoms with Crippen molar-refractivity contribution in [2.45, 2.75) is 20.3 Å². The summed E-state index contributed by atoms with van der Waals surface area (Å²) in [6, 6.07) is 11.8. The van der Waals surface area contributed by atoms with Crippen LogP contribution in [-0.2, 0) is 0 Å². The number of aromatic amines is 1. The molecule has 2 aromatic carbocycles. The number of rotatable bonds is 8. The zero-order valence-electron chi connectivity index (χ0n) is 21.3. The second-order valence-corrected chi connectivity index (χ2v) is 8.98. The van der Waals surface area contributed by atoms with Gasteiger partial charge in [0.1, 0.15) is 6.33 Å². The van der Waals surface area contributed by atoms with Crippen LogP contribution in [0.4, 0.5) is 4.39 Å². The number of hydrogen-bond donors (Lipinski definition) is 1. The Bertz CT molecular complexity index is 1470. The second-order valence-electron chi connectivity index (χ2n) is 8.98. The van der Waals surface area contributed by atoms with E-state index < -0.39 is 5.82 Å². The molecule has 1 N–H and O–H groups in total. The van der Waals surface area contributed by atoms with Crippen molar-refractivity contribution < 1.29 is 18.6 Å². The predicted octanol–water partition coefficient (Wildman–Crippen LogP) is 4.73. The molecule has 0 unspecified atom stereocenters. The molecule has 1 fully saturated rings. The zero-order chi connectivity index (χ0) is 25.8. The fourth-order valence-electron chi connectivity index (χ4n) is 4.58. The summed E-state index contributed by atoms with van der Waals surface area (Å²) in [5.74, 6) is 3.99. The molecule has 2 aromatic heterocycles. The third kappa shape index (κ3) is 5.39. The van der Waals surface area contributed by atoms with Gasteiger partial charge in [0.2, 0.25) is 5.88 Å². The number of H-pyrrole nitrogens is 1. The van der Waals surface area contributed by atoms with E-state index in [0.717, 1.165) is 44.8 Å². The molecule has 0 amide bonds. The van der Waals surface area contributed by atoms with Gasteiger partial charge in [0.05, 0.1) is 24.6 Å². The smallest absolute Gasteiger partial charge is 0.230 e. The monoisotopic (exact) mass is 503 g/mol. The van der Waals surface area contributed by atoms with E-state index in [2.05, 4.69) is 36.7 Å². The summed E-state index contributed by atoms with van der Waals surface area (Å²) >= 11 is 0. The van der Waals surface area contributed by atoms with Crippen LogP contribution in [0.25, 0.3) is 21.8 Å². The summed E-state index contributed by atoms with van der Waals surface area (Å²) in [4.78, 5) is 16.3. The molecule has 0 aliphatic carbocycles. The van der Waals surface area contributed by atoms with Gasteiger partial charge >= 0.3 is 0 Å². The minimum atomic E-state index is -0.444. The molecule has 0 atom stereocenters. The van der Waals surface area contributed by atoms with Crippen molar-refractivity contribution in [2.75, 3.05) is 46.4 Å². The first-order chi connectivity index (χ1) is 18.1. The third-order valence-corrected chi connectivity index (χ3v) is 6.45. The zero-order valence-corrected chi connectivity index (χ0v) is 21.3. The highest BCUT2D eigenvalue weighted by Crippen LogP contribution is 2.37. The van der Waals surface area contributed by atoms with Crippen LogP contribution in [0, 0.1) is 24.7 Å². The molecule has 9 heteroatoms. The largest absolute Gasteiger partial charge is 0.493 e. The van der Waals surface area contributed by atoms with Crippen LogP contribution >= 0.6 is 0 Å². The maximum Gasteiger partial charge on any atom is 0.230 e. The van der Waals surface area contributed by atoms with Gasteiger partial charge in [-0.3, -0.25) is 4.90 Å². The Hall–Kier alpha value is -4.03. The Kier molecular flexibility index (Phi) is 7.28. The van der Waals surface area contributed by atoms with Crippen LogP contribution in [0.3, 0.4) is 0 Å². The number of aryl methyl sites for hydroxylation is 1. The maximum absolute atomic E-state index is 15.1. The molecular formula is C28H30FN5O3. The van der Waals surface area contributed by atoms with Gasteiger partial charge in [-0.2, -0.15) is 0 Å². The minimum Gasteiger partial charge on any atom is -0.493 e. The fraction of sp³-hybridized carbons (Fsp3) is 0.357. The number of fused-ring (bicyclic) bond motifs is 2. The van der Waals surface area contributed by atoms with Crippen molar-refractivity contribution in [1.82, 2.24) is 24.8 Å². The van der Waals surface area contributed by atoms with E-state index in [9.17, 15) is 0 Å². The third-order valence-electron chi connectivity index (χ3n) is 6.45. The van der Waals surface area contributed by atoms with Gasteiger partial charge in [0.15, 0.2) is 23.1 Å². The van der Waals surface area contributed by atoms with Gasteiger partial charge in [-0.15, -0.1) is 0 Å². The number of halogens is 1. The molecule has 1 saturated heterocycles. The molecule has 1 aliphatic rings. The molecule has 3 heterocycles. The van der Waals surface area contributed by atoms with E-state index in [1.54, 1.807) is 37.4 Å². The number of ether oxygens (including phenoxy) is 3. The van der Waals surface area contributed by atoms with E-state index in [1.165, 1.54) is 6.33 Å². The average molecular weight is 504 g/mol. The lowest BCUT2D eigenvalue weighted by Gasteiger charge is -2.32. The van der Waals surface area contributed by atoms with Crippen molar-refractivity contribution in [3.63, 3.8) is 0 Å². The molecule has 0 bridgehead atoms. The van der Waals surface area contributed by atoms with Crippen LogP contribution in [-0.4, -0.2) is 71.2 Å². The average Bonchev–Trinajstić information content (AvgIpc) is 3.30. The van der Waals surface area contributed by atoms with Gasteiger partial charge < -0.3 is 24.1 Å². The highest BCUT2D eigenvalue weighted by atomic mass is 19.1. The van der Waals surface area contributed by atoms with Crippen molar-refractivity contribution in [1.29, 1.82) is 0 Å². The van der Waals surface area contributed by atoms with Gasteiger partial charge in [-0.1, -0.05) is 5.92 Å². The number of aromatic nitrogens is 3. The summed E-state index contributed by atoms with van der Waals surface area (Å²) in [5.41, 5.74) is 2.21. The molecule has 5 rings (SSSR count). The van der Waals surface area contributed by atoms with E-state index in [4.69, 9.17) is 14.2 Å². The quantitative estimate of drug-likeness (QED) is 0.275.